The minimum Gasteiger partial charge on any atom is -0.340 e. The SMILES string of the molecule is Cc1ccc(CCC(=O)N2CCN(C(c3ccccc3)c3ccccc3)CC2)cc1. The van der Waals surface area contributed by atoms with Crippen LogP contribution >= 0.6 is 0 Å². The Hall–Kier alpha value is -2.91. The first-order valence-corrected chi connectivity index (χ1v) is 10.9. The summed E-state index contributed by atoms with van der Waals surface area (Å²) in [5.74, 6) is 0.270. The fraction of sp³-hybridized carbons (Fsp3) is 0.296. The number of aryl methyl sites for hydroxylation is 2. The molecule has 0 atom stereocenters. The number of amides is 1. The van der Waals surface area contributed by atoms with E-state index in [9.17, 15) is 4.79 Å². The second-order valence-corrected chi connectivity index (χ2v) is 8.13. The van der Waals surface area contributed by atoms with E-state index in [-0.39, 0.29) is 11.9 Å². The van der Waals surface area contributed by atoms with E-state index in [1.807, 2.05) is 4.90 Å². The summed E-state index contributed by atoms with van der Waals surface area (Å²) in [5, 5.41) is 0. The van der Waals surface area contributed by atoms with E-state index in [4.69, 9.17) is 0 Å². The summed E-state index contributed by atoms with van der Waals surface area (Å²) in [7, 11) is 0. The molecule has 1 aliphatic heterocycles. The van der Waals surface area contributed by atoms with Crippen LogP contribution in [0.3, 0.4) is 0 Å². The summed E-state index contributed by atoms with van der Waals surface area (Å²) in [6.45, 7) is 5.47. The molecular weight excluding hydrogens is 368 g/mol. The van der Waals surface area contributed by atoms with E-state index in [1.54, 1.807) is 0 Å². The van der Waals surface area contributed by atoms with Crippen LogP contribution < -0.4 is 0 Å². The third-order valence-corrected chi connectivity index (χ3v) is 6.01. The zero-order chi connectivity index (χ0) is 20.8. The van der Waals surface area contributed by atoms with Gasteiger partial charge >= 0.3 is 0 Å². The first-order chi connectivity index (χ1) is 14.7. The number of nitrogens with zero attached hydrogens (tertiary/aromatic N) is 2. The minimum atomic E-state index is 0.234. The van der Waals surface area contributed by atoms with Gasteiger partial charge in [0.2, 0.25) is 5.91 Å². The molecule has 3 aromatic carbocycles. The molecule has 3 heteroatoms. The van der Waals surface area contributed by atoms with Crippen LogP contribution in [0.2, 0.25) is 0 Å². The summed E-state index contributed by atoms with van der Waals surface area (Å²) in [6.07, 6.45) is 1.40. The first kappa shape index (κ1) is 20.4. The lowest BCUT2D eigenvalue weighted by molar-refractivity contribution is -0.133. The number of piperazine rings is 1. The maximum Gasteiger partial charge on any atom is 0.222 e. The normalized spacial score (nSPS) is 14.8. The fourth-order valence-electron chi connectivity index (χ4n) is 4.28. The van der Waals surface area contributed by atoms with Crippen LogP contribution in [0, 0.1) is 6.92 Å². The van der Waals surface area contributed by atoms with E-state index in [0.29, 0.717) is 6.42 Å². The smallest absolute Gasteiger partial charge is 0.222 e. The van der Waals surface area contributed by atoms with Crippen molar-refractivity contribution in [1.82, 2.24) is 9.80 Å². The predicted octanol–water partition coefficient (Wildman–Crippen LogP) is 4.86. The Morgan fingerprint density at radius 2 is 1.30 bits per heavy atom. The van der Waals surface area contributed by atoms with Gasteiger partial charge in [-0.15, -0.1) is 0 Å². The van der Waals surface area contributed by atoms with Gasteiger partial charge < -0.3 is 4.90 Å². The van der Waals surface area contributed by atoms with E-state index >= 15 is 0 Å². The third-order valence-electron chi connectivity index (χ3n) is 6.01. The minimum absolute atomic E-state index is 0.234. The molecule has 0 N–H and O–H groups in total. The van der Waals surface area contributed by atoms with Crippen molar-refractivity contribution in [3.63, 3.8) is 0 Å². The highest BCUT2D eigenvalue weighted by molar-refractivity contribution is 5.76. The van der Waals surface area contributed by atoms with Gasteiger partial charge in [0.15, 0.2) is 0 Å². The Morgan fingerprint density at radius 3 is 1.83 bits per heavy atom. The van der Waals surface area contributed by atoms with Gasteiger partial charge in [0.1, 0.15) is 0 Å². The molecule has 30 heavy (non-hydrogen) atoms. The van der Waals surface area contributed by atoms with Crippen molar-refractivity contribution in [1.29, 1.82) is 0 Å². The number of hydrogen-bond donors (Lipinski definition) is 0. The van der Waals surface area contributed by atoms with E-state index < -0.39 is 0 Å². The third kappa shape index (κ3) is 4.98. The maximum atomic E-state index is 12.8. The summed E-state index contributed by atoms with van der Waals surface area (Å²) in [5.41, 5.74) is 5.11. The summed E-state index contributed by atoms with van der Waals surface area (Å²) < 4.78 is 0. The Morgan fingerprint density at radius 1 is 0.767 bits per heavy atom. The highest BCUT2D eigenvalue weighted by atomic mass is 16.2. The van der Waals surface area contributed by atoms with E-state index in [2.05, 4.69) is 96.8 Å². The molecular formula is C27H30N2O. The number of carbonyl (C=O) groups excluding carboxylic acids is 1. The average Bonchev–Trinajstić information content (AvgIpc) is 2.81. The van der Waals surface area contributed by atoms with Gasteiger partial charge in [-0.3, -0.25) is 9.69 Å². The van der Waals surface area contributed by atoms with Crippen molar-refractivity contribution in [2.75, 3.05) is 26.2 Å². The van der Waals surface area contributed by atoms with Gasteiger partial charge in [-0.2, -0.15) is 0 Å². The molecule has 3 aromatic rings. The largest absolute Gasteiger partial charge is 0.340 e. The Kier molecular flexibility index (Phi) is 6.60. The topological polar surface area (TPSA) is 23.6 Å². The van der Waals surface area contributed by atoms with Crippen molar-refractivity contribution < 1.29 is 4.79 Å². The predicted molar refractivity (Wildman–Crippen MR) is 122 cm³/mol. The van der Waals surface area contributed by atoms with Crippen molar-refractivity contribution in [3.8, 4) is 0 Å². The molecule has 1 aliphatic rings. The lowest BCUT2D eigenvalue weighted by atomic mass is 9.96. The maximum absolute atomic E-state index is 12.8. The fourth-order valence-corrected chi connectivity index (χ4v) is 4.28. The van der Waals surface area contributed by atoms with Crippen molar-refractivity contribution >= 4 is 5.91 Å². The van der Waals surface area contributed by atoms with Crippen LogP contribution in [-0.4, -0.2) is 41.9 Å². The van der Waals surface area contributed by atoms with Gasteiger partial charge in [0.25, 0.3) is 0 Å². The van der Waals surface area contributed by atoms with Crippen molar-refractivity contribution in [2.45, 2.75) is 25.8 Å². The number of benzene rings is 3. The number of hydrogen-bond acceptors (Lipinski definition) is 2. The monoisotopic (exact) mass is 398 g/mol. The Balaban J connectivity index is 1.38. The lowest BCUT2D eigenvalue weighted by Gasteiger charge is -2.40. The van der Waals surface area contributed by atoms with Gasteiger partial charge in [-0.1, -0.05) is 90.5 Å². The van der Waals surface area contributed by atoms with Gasteiger partial charge in [0.05, 0.1) is 6.04 Å². The molecule has 0 aromatic heterocycles. The standard InChI is InChI=1S/C27H30N2O/c1-22-12-14-23(15-13-22)16-17-26(30)28-18-20-29(21-19-28)27(24-8-4-2-5-9-24)25-10-6-3-7-11-25/h2-15,27H,16-21H2,1H3. The molecule has 1 saturated heterocycles. The van der Waals surface area contributed by atoms with Gasteiger partial charge in [-0.05, 0) is 30.0 Å². The zero-order valence-corrected chi connectivity index (χ0v) is 17.7. The summed E-state index contributed by atoms with van der Waals surface area (Å²) in [6, 6.07) is 30.1. The van der Waals surface area contributed by atoms with Gasteiger partial charge in [-0.25, -0.2) is 0 Å². The molecule has 0 bridgehead atoms. The molecule has 3 nitrogen and oxygen atoms in total. The lowest BCUT2D eigenvalue weighted by Crippen LogP contribution is -2.49. The second-order valence-electron chi connectivity index (χ2n) is 8.13. The molecule has 0 aliphatic carbocycles. The first-order valence-electron chi connectivity index (χ1n) is 10.9. The number of rotatable bonds is 6. The molecule has 1 amide bonds. The average molecular weight is 399 g/mol. The van der Waals surface area contributed by atoms with Gasteiger partial charge in [0, 0.05) is 32.6 Å². The van der Waals surface area contributed by atoms with Crippen LogP contribution in [0.15, 0.2) is 84.9 Å². The van der Waals surface area contributed by atoms with E-state index in [0.717, 1.165) is 32.6 Å². The van der Waals surface area contributed by atoms with Crippen LogP contribution in [-0.2, 0) is 11.2 Å². The highest BCUT2D eigenvalue weighted by Crippen LogP contribution is 2.29. The van der Waals surface area contributed by atoms with Crippen LogP contribution in [0.1, 0.15) is 34.7 Å². The van der Waals surface area contributed by atoms with Crippen LogP contribution in [0.5, 0.6) is 0 Å². The molecule has 1 heterocycles. The van der Waals surface area contributed by atoms with Crippen molar-refractivity contribution in [3.05, 3.63) is 107 Å². The number of carbonyl (C=O) groups is 1. The molecule has 0 radical (unpaired) electrons. The Labute approximate surface area is 180 Å². The highest BCUT2D eigenvalue weighted by Gasteiger charge is 2.27. The molecule has 154 valence electrons. The molecule has 0 unspecified atom stereocenters. The van der Waals surface area contributed by atoms with Crippen molar-refractivity contribution in [2.24, 2.45) is 0 Å². The second kappa shape index (κ2) is 9.73. The van der Waals surface area contributed by atoms with E-state index in [1.165, 1.54) is 22.3 Å². The molecule has 0 spiro atoms. The summed E-state index contributed by atoms with van der Waals surface area (Å²) in [4.78, 5) is 17.3. The van der Waals surface area contributed by atoms with Crippen LogP contribution in [0.25, 0.3) is 0 Å². The molecule has 4 rings (SSSR count). The molecule has 0 saturated carbocycles. The molecule has 1 fully saturated rings. The quantitative estimate of drug-likeness (QED) is 0.592. The summed E-state index contributed by atoms with van der Waals surface area (Å²) >= 11 is 0. The Bertz CT molecular complexity index is 890. The van der Waals surface area contributed by atoms with Crippen LogP contribution in [0.4, 0.5) is 0 Å². The zero-order valence-electron chi connectivity index (χ0n) is 17.7.